The van der Waals surface area contributed by atoms with E-state index in [1.807, 2.05) is 63.4 Å². The van der Waals surface area contributed by atoms with Crippen LogP contribution in [0.3, 0.4) is 0 Å². The van der Waals surface area contributed by atoms with E-state index >= 15 is 0 Å². The quantitative estimate of drug-likeness (QED) is 0.694. The number of hydrogen-bond donors (Lipinski definition) is 1. The van der Waals surface area contributed by atoms with Crippen LogP contribution in [0.2, 0.25) is 0 Å². The molecule has 0 radical (unpaired) electrons. The van der Waals surface area contributed by atoms with E-state index in [4.69, 9.17) is 9.47 Å². The summed E-state index contributed by atoms with van der Waals surface area (Å²) in [5.41, 5.74) is 2.44. The second kappa shape index (κ2) is 7.58. The lowest BCUT2D eigenvalue weighted by Crippen LogP contribution is -2.39. The summed E-state index contributed by atoms with van der Waals surface area (Å²) >= 11 is 0. The predicted octanol–water partition coefficient (Wildman–Crippen LogP) is 4.77. The van der Waals surface area contributed by atoms with Crippen molar-refractivity contribution in [3.63, 3.8) is 0 Å². The molecular weight excluding hydrogens is 368 g/mol. The summed E-state index contributed by atoms with van der Waals surface area (Å²) in [5.74, 6) is 1.20. The van der Waals surface area contributed by atoms with E-state index in [1.54, 1.807) is 4.90 Å². The van der Waals surface area contributed by atoms with Crippen LogP contribution in [0.15, 0.2) is 48.9 Å². The van der Waals surface area contributed by atoms with Crippen molar-refractivity contribution in [2.24, 2.45) is 0 Å². The number of nitrogens with zero attached hydrogens (tertiary/aromatic N) is 3. The maximum Gasteiger partial charge on any atom is 0.410 e. The number of rotatable bonds is 3. The average molecular weight is 392 g/mol. The molecule has 0 aliphatic carbocycles. The van der Waals surface area contributed by atoms with E-state index in [1.165, 1.54) is 6.33 Å². The summed E-state index contributed by atoms with van der Waals surface area (Å²) in [6, 6.07) is 9.67. The number of aromatic nitrogens is 3. The predicted molar refractivity (Wildman–Crippen MR) is 111 cm³/mol. The van der Waals surface area contributed by atoms with Crippen molar-refractivity contribution in [3.05, 3.63) is 54.6 Å². The Labute approximate surface area is 169 Å². The van der Waals surface area contributed by atoms with E-state index < -0.39 is 5.60 Å². The number of hydrogen-bond acceptors (Lipinski definition) is 5. The van der Waals surface area contributed by atoms with Crippen molar-refractivity contribution in [2.45, 2.75) is 32.8 Å². The topological polar surface area (TPSA) is 80.3 Å². The Morgan fingerprint density at radius 2 is 2.03 bits per heavy atom. The summed E-state index contributed by atoms with van der Waals surface area (Å²) in [6.45, 7) is 6.69. The van der Waals surface area contributed by atoms with Crippen LogP contribution in [0.25, 0.3) is 16.5 Å². The van der Waals surface area contributed by atoms with Gasteiger partial charge in [-0.3, -0.25) is 0 Å². The highest BCUT2D eigenvalue weighted by Crippen LogP contribution is 2.27. The standard InChI is InChI=1S/C22H24N4O3/c1-22(2,3)29-21(27)26-10-7-15(8-11-26)19-13-20(25-14-24-19)28-17-4-5-18-16(12-17)6-9-23-18/h4-7,9,12-14,23H,8,10-11H2,1-3H3. The summed E-state index contributed by atoms with van der Waals surface area (Å²) in [4.78, 5) is 25.7. The highest BCUT2D eigenvalue weighted by molar-refractivity contribution is 5.80. The highest BCUT2D eigenvalue weighted by Gasteiger charge is 2.24. The molecule has 29 heavy (non-hydrogen) atoms. The van der Waals surface area contributed by atoms with Gasteiger partial charge in [0.1, 0.15) is 17.7 Å². The molecule has 4 rings (SSSR count). The highest BCUT2D eigenvalue weighted by atomic mass is 16.6. The van der Waals surface area contributed by atoms with E-state index in [9.17, 15) is 4.79 Å². The maximum atomic E-state index is 12.2. The summed E-state index contributed by atoms with van der Waals surface area (Å²) < 4.78 is 11.4. The van der Waals surface area contributed by atoms with Crippen LogP contribution in [0.5, 0.6) is 11.6 Å². The lowest BCUT2D eigenvalue weighted by molar-refractivity contribution is 0.0270. The van der Waals surface area contributed by atoms with Crippen molar-refractivity contribution >= 4 is 22.6 Å². The van der Waals surface area contributed by atoms with Crippen molar-refractivity contribution in [3.8, 4) is 11.6 Å². The largest absolute Gasteiger partial charge is 0.444 e. The molecule has 7 nitrogen and oxygen atoms in total. The first-order valence-corrected chi connectivity index (χ1v) is 9.62. The molecule has 3 aromatic rings. The number of ether oxygens (including phenoxy) is 2. The zero-order chi connectivity index (χ0) is 20.4. The van der Waals surface area contributed by atoms with Crippen LogP contribution in [-0.4, -0.2) is 44.6 Å². The molecule has 7 heteroatoms. The number of aromatic amines is 1. The van der Waals surface area contributed by atoms with Gasteiger partial charge in [0.2, 0.25) is 5.88 Å². The minimum Gasteiger partial charge on any atom is -0.444 e. The number of carbonyl (C=O) groups excluding carboxylic acids is 1. The van der Waals surface area contributed by atoms with Crippen LogP contribution in [0, 0.1) is 0 Å². The molecule has 1 aliphatic heterocycles. The van der Waals surface area contributed by atoms with Gasteiger partial charge in [-0.2, -0.15) is 0 Å². The van der Waals surface area contributed by atoms with Gasteiger partial charge in [0, 0.05) is 36.3 Å². The van der Waals surface area contributed by atoms with Gasteiger partial charge >= 0.3 is 6.09 Å². The molecule has 150 valence electrons. The number of carbonyl (C=O) groups is 1. The zero-order valence-electron chi connectivity index (χ0n) is 16.8. The third-order valence-corrected chi connectivity index (χ3v) is 4.58. The second-order valence-electron chi connectivity index (χ2n) is 7.98. The van der Waals surface area contributed by atoms with Gasteiger partial charge in [-0.05, 0) is 57.0 Å². The molecule has 0 atom stereocenters. The first kappa shape index (κ1) is 19.0. The van der Waals surface area contributed by atoms with Crippen LogP contribution < -0.4 is 4.74 Å². The van der Waals surface area contributed by atoms with Crippen LogP contribution in [-0.2, 0) is 4.74 Å². The third-order valence-electron chi connectivity index (χ3n) is 4.58. The number of amides is 1. The van der Waals surface area contributed by atoms with Crippen LogP contribution in [0.4, 0.5) is 4.79 Å². The van der Waals surface area contributed by atoms with Gasteiger partial charge < -0.3 is 19.4 Å². The van der Waals surface area contributed by atoms with Gasteiger partial charge in [0.15, 0.2) is 0 Å². The number of nitrogens with one attached hydrogen (secondary N) is 1. The van der Waals surface area contributed by atoms with Gasteiger partial charge in [-0.1, -0.05) is 6.08 Å². The SMILES string of the molecule is CC(C)(C)OC(=O)N1CC=C(c2cc(Oc3ccc4[nH]ccc4c3)ncn2)CC1. The van der Waals surface area contributed by atoms with Gasteiger partial charge in [-0.25, -0.2) is 14.8 Å². The molecule has 1 amide bonds. The molecular formula is C22H24N4O3. The Hall–Kier alpha value is -3.35. The molecule has 1 N–H and O–H groups in total. The molecule has 1 aliphatic rings. The monoisotopic (exact) mass is 392 g/mol. The lowest BCUT2D eigenvalue weighted by Gasteiger charge is -2.29. The molecule has 0 bridgehead atoms. The number of benzene rings is 1. The van der Waals surface area contributed by atoms with Gasteiger partial charge in [0.05, 0.1) is 5.69 Å². The van der Waals surface area contributed by atoms with Crippen molar-refractivity contribution in [2.75, 3.05) is 13.1 Å². The fourth-order valence-corrected chi connectivity index (χ4v) is 3.18. The average Bonchev–Trinajstić information content (AvgIpc) is 3.15. The maximum absolute atomic E-state index is 12.2. The Kier molecular flexibility index (Phi) is 4.96. The first-order chi connectivity index (χ1) is 13.9. The first-order valence-electron chi connectivity index (χ1n) is 9.62. The van der Waals surface area contributed by atoms with E-state index in [0.717, 1.165) is 27.9 Å². The lowest BCUT2D eigenvalue weighted by atomic mass is 10.0. The summed E-state index contributed by atoms with van der Waals surface area (Å²) in [7, 11) is 0. The molecule has 0 saturated carbocycles. The number of H-pyrrole nitrogens is 1. The van der Waals surface area contributed by atoms with Gasteiger partial charge in [-0.15, -0.1) is 0 Å². The van der Waals surface area contributed by atoms with Crippen LogP contribution in [0.1, 0.15) is 32.9 Å². The third kappa shape index (κ3) is 4.56. The van der Waals surface area contributed by atoms with Gasteiger partial charge in [0.25, 0.3) is 0 Å². The summed E-state index contributed by atoms with van der Waals surface area (Å²) in [5, 5.41) is 1.08. The number of fused-ring (bicyclic) bond motifs is 1. The fraction of sp³-hybridized carbons (Fsp3) is 0.318. The van der Waals surface area contributed by atoms with E-state index in [-0.39, 0.29) is 6.09 Å². The molecule has 0 unspecified atom stereocenters. The zero-order valence-corrected chi connectivity index (χ0v) is 16.8. The smallest absolute Gasteiger partial charge is 0.410 e. The van der Waals surface area contributed by atoms with Crippen molar-refractivity contribution in [1.82, 2.24) is 19.9 Å². The Morgan fingerprint density at radius 1 is 1.17 bits per heavy atom. The molecule has 0 saturated heterocycles. The van der Waals surface area contributed by atoms with Crippen LogP contribution >= 0.6 is 0 Å². The second-order valence-corrected chi connectivity index (χ2v) is 7.98. The normalized spacial score (nSPS) is 14.6. The Bertz CT molecular complexity index is 1070. The van der Waals surface area contributed by atoms with E-state index in [0.29, 0.717) is 25.4 Å². The molecule has 0 spiro atoms. The minimum atomic E-state index is -0.497. The van der Waals surface area contributed by atoms with Crippen molar-refractivity contribution in [1.29, 1.82) is 0 Å². The Morgan fingerprint density at radius 3 is 2.79 bits per heavy atom. The summed E-state index contributed by atoms with van der Waals surface area (Å²) in [6.07, 6.45) is 5.81. The molecule has 0 fully saturated rings. The molecule has 3 heterocycles. The molecule has 1 aromatic carbocycles. The Balaban J connectivity index is 1.45. The van der Waals surface area contributed by atoms with E-state index in [2.05, 4.69) is 15.0 Å². The molecule has 2 aromatic heterocycles. The fourth-order valence-electron chi connectivity index (χ4n) is 3.18. The minimum absolute atomic E-state index is 0.292. The van der Waals surface area contributed by atoms with Crippen molar-refractivity contribution < 1.29 is 14.3 Å².